The lowest BCUT2D eigenvalue weighted by atomic mass is 9.96. The van der Waals surface area contributed by atoms with Crippen LogP contribution in [0.15, 0.2) is 22.0 Å². The second-order valence-electron chi connectivity index (χ2n) is 5.91. The monoisotopic (exact) mass is 334 g/mol. The van der Waals surface area contributed by atoms with Crippen LogP contribution < -0.4 is 5.32 Å². The summed E-state index contributed by atoms with van der Waals surface area (Å²) in [6.07, 6.45) is 2.69. The number of amides is 1. The Morgan fingerprint density at radius 2 is 2.30 bits per heavy atom. The molecule has 124 valence electrons. The maximum atomic E-state index is 12.2. The van der Waals surface area contributed by atoms with Crippen LogP contribution in [0.1, 0.15) is 29.4 Å². The summed E-state index contributed by atoms with van der Waals surface area (Å²) >= 11 is 1.74. The molecule has 0 bridgehead atoms. The number of hydrogen-bond acceptors (Lipinski definition) is 6. The number of carbonyl (C=O) groups is 1. The molecule has 0 spiro atoms. The second kappa shape index (κ2) is 7.70. The van der Waals surface area contributed by atoms with E-state index in [0.29, 0.717) is 18.3 Å². The van der Waals surface area contributed by atoms with E-state index in [-0.39, 0.29) is 11.8 Å². The molecule has 2 aromatic heterocycles. The molecule has 0 aromatic carbocycles. The van der Waals surface area contributed by atoms with Crippen molar-refractivity contribution in [1.29, 1.82) is 0 Å². The highest BCUT2D eigenvalue weighted by atomic mass is 32.1. The Hall–Kier alpha value is -1.73. The predicted octanol–water partition coefficient (Wildman–Crippen LogP) is 2.01. The van der Waals surface area contributed by atoms with Crippen molar-refractivity contribution in [3.63, 3.8) is 0 Å². The molecule has 0 radical (unpaired) electrons. The molecule has 1 aliphatic rings. The van der Waals surface area contributed by atoms with Crippen molar-refractivity contribution < 1.29 is 9.32 Å². The maximum absolute atomic E-state index is 12.2. The molecule has 1 N–H and O–H groups in total. The Morgan fingerprint density at radius 1 is 1.48 bits per heavy atom. The van der Waals surface area contributed by atoms with Gasteiger partial charge in [-0.1, -0.05) is 11.2 Å². The Kier molecular flexibility index (Phi) is 5.40. The SMILES string of the molecule is Cc1noc(CN2CCC(C(=O)NCCc3cccs3)CC2)n1. The fourth-order valence-electron chi connectivity index (χ4n) is 2.86. The summed E-state index contributed by atoms with van der Waals surface area (Å²) in [7, 11) is 0. The van der Waals surface area contributed by atoms with Crippen LogP contribution in [0, 0.1) is 12.8 Å². The van der Waals surface area contributed by atoms with E-state index >= 15 is 0 Å². The largest absolute Gasteiger partial charge is 0.355 e. The highest BCUT2D eigenvalue weighted by Gasteiger charge is 2.25. The molecule has 0 atom stereocenters. The number of hydrogen-bond donors (Lipinski definition) is 1. The quantitative estimate of drug-likeness (QED) is 0.875. The first kappa shape index (κ1) is 16.1. The van der Waals surface area contributed by atoms with Crippen LogP contribution in [0.5, 0.6) is 0 Å². The minimum Gasteiger partial charge on any atom is -0.355 e. The minimum atomic E-state index is 0.124. The van der Waals surface area contributed by atoms with Crippen molar-refractivity contribution in [3.05, 3.63) is 34.1 Å². The Labute approximate surface area is 139 Å². The first-order chi connectivity index (χ1) is 11.2. The summed E-state index contributed by atoms with van der Waals surface area (Å²) in [6, 6.07) is 4.15. The topological polar surface area (TPSA) is 71.3 Å². The zero-order chi connectivity index (χ0) is 16.1. The molecule has 1 aliphatic heterocycles. The third-order valence-corrected chi connectivity index (χ3v) is 5.07. The predicted molar refractivity (Wildman–Crippen MR) is 88.1 cm³/mol. The van der Waals surface area contributed by atoms with Gasteiger partial charge in [0.25, 0.3) is 0 Å². The van der Waals surface area contributed by atoms with Crippen molar-refractivity contribution >= 4 is 17.2 Å². The average Bonchev–Trinajstić information content (AvgIpc) is 3.20. The minimum absolute atomic E-state index is 0.124. The highest BCUT2D eigenvalue weighted by Crippen LogP contribution is 2.19. The third-order valence-electron chi connectivity index (χ3n) is 4.14. The van der Waals surface area contributed by atoms with E-state index < -0.39 is 0 Å². The summed E-state index contributed by atoms with van der Waals surface area (Å²) in [4.78, 5) is 20.0. The van der Waals surface area contributed by atoms with Gasteiger partial charge in [0.05, 0.1) is 6.54 Å². The molecule has 2 aromatic rings. The standard InChI is InChI=1S/C16H22N4O2S/c1-12-18-15(22-19-12)11-20-8-5-13(6-9-20)16(21)17-7-4-14-3-2-10-23-14/h2-3,10,13H,4-9,11H2,1H3,(H,17,21). The van der Waals surface area contributed by atoms with Gasteiger partial charge in [-0.3, -0.25) is 9.69 Å². The summed E-state index contributed by atoms with van der Waals surface area (Å²) in [5, 5.41) is 8.94. The number of aromatic nitrogens is 2. The lowest BCUT2D eigenvalue weighted by Gasteiger charge is -2.30. The van der Waals surface area contributed by atoms with E-state index in [1.807, 2.05) is 13.0 Å². The van der Waals surface area contributed by atoms with Crippen LogP contribution in [0.2, 0.25) is 0 Å². The number of carbonyl (C=O) groups excluding carboxylic acids is 1. The third kappa shape index (κ3) is 4.62. The molecule has 0 aliphatic carbocycles. The first-order valence-corrected chi connectivity index (χ1v) is 8.90. The first-order valence-electron chi connectivity index (χ1n) is 8.02. The summed E-state index contributed by atoms with van der Waals surface area (Å²) in [6.45, 7) is 5.00. The van der Waals surface area contributed by atoms with Gasteiger partial charge < -0.3 is 9.84 Å². The summed E-state index contributed by atoms with van der Waals surface area (Å²) in [5.41, 5.74) is 0. The molecule has 7 heteroatoms. The second-order valence-corrected chi connectivity index (χ2v) is 6.94. The van der Waals surface area contributed by atoms with Gasteiger partial charge >= 0.3 is 0 Å². The van der Waals surface area contributed by atoms with Gasteiger partial charge in [0, 0.05) is 17.3 Å². The van der Waals surface area contributed by atoms with Crippen LogP contribution >= 0.6 is 11.3 Å². The number of nitrogens with zero attached hydrogens (tertiary/aromatic N) is 3. The molecule has 1 fully saturated rings. The Morgan fingerprint density at radius 3 is 2.96 bits per heavy atom. The van der Waals surface area contributed by atoms with E-state index in [1.165, 1.54) is 4.88 Å². The van der Waals surface area contributed by atoms with Crippen LogP contribution in [0.25, 0.3) is 0 Å². The van der Waals surface area contributed by atoms with Crippen LogP contribution in [-0.2, 0) is 17.8 Å². The highest BCUT2D eigenvalue weighted by molar-refractivity contribution is 7.09. The van der Waals surface area contributed by atoms with Gasteiger partial charge in [-0.2, -0.15) is 4.98 Å². The fraction of sp³-hybridized carbons (Fsp3) is 0.562. The van der Waals surface area contributed by atoms with E-state index in [2.05, 4.69) is 31.8 Å². The molecule has 1 saturated heterocycles. The average molecular weight is 334 g/mol. The Bertz CT molecular complexity index is 618. The smallest absolute Gasteiger partial charge is 0.240 e. The zero-order valence-corrected chi connectivity index (χ0v) is 14.1. The van der Waals surface area contributed by atoms with E-state index in [1.54, 1.807) is 11.3 Å². The zero-order valence-electron chi connectivity index (χ0n) is 13.3. The molecular formula is C16H22N4O2S. The van der Waals surface area contributed by atoms with Crippen molar-refractivity contribution in [1.82, 2.24) is 20.4 Å². The summed E-state index contributed by atoms with van der Waals surface area (Å²) < 4.78 is 5.15. The van der Waals surface area contributed by atoms with Crippen LogP contribution in [-0.4, -0.2) is 40.6 Å². The normalized spacial score (nSPS) is 16.6. The number of piperidine rings is 1. The Balaban J connectivity index is 1.37. The number of nitrogens with one attached hydrogen (secondary N) is 1. The molecule has 1 amide bonds. The molecule has 23 heavy (non-hydrogen) atoms. The van der Waals surface area contributed by atoms with Crippen molar-refractivity contribution in [2.75, 3.05) is 19.6 Å². The molecule has 3 rings (SSSR count). The van der Waals surface area contributed by atoms with Crippen molar-refractivity contribution in [2.24, 2.45) is 5.92 Å². The maximum Gasteiger partial charge on any atom is 0.240 e. The van der Waals surface area contributed by atoms with Crippen molar-refractivity contribution in [3.8, 4) is 0 Å². The van der Waals surface area contributed by atoms with Gasteiger partial charge in [0.2, 0.25) is 11.8 Å². The van der Waals surface area contributed by atoms with Gasteiger partial charge in [0.1, 0.15) is 0 Å². The van der Waals surface area contributed by atoms with Gasteiger partial charge in [0.15, 0.2) is 5.82 Å². The van der Waals surface area contributed by atoms with E-state index in [4.69, 9.17) is 4.52 Å². The van der Waals surface area contributed by atoms with Gasteiger partial charge in [-0.25, -0.2) is 0 Å². The number of likely N-dealkylation sites (tertiary alicyclic amines) is 1. The van der Waals surface area contributed by atoms with Gasteiger partial charge in [-0.15, -0.1) is 11.3 Å². The van der Waals surface area contributed by atoms with Crippen LogP contribution in [0.3, 0.4) is 0 Å². The molecule has 0 saturated carbocycles. The summed E-state index contributed by atoms with van der Waals surface area (Å²) in [5.74, 6) is 1.63. The van der Waals surface area contributed by atoms with Gasteiger partial charge in [-0.05, 0) is 50.7 Å². The lowest BCUT2D eigenvalue weighted by molar-refractivity contribution is -0.126. The number of aryl methyl sites for hydroxylation is 1. The lowest BCUT2D eigenvalue weighted by Crippen LogP contribution is -2.40. The molecule has 0 unspecified atom stereocenters. The van der Waals surface area contributed by atoms with Crippen LogP contribution in [0.4, 0.5) is 0 Å². The van der Waals surface area contributed by atoms with E-state index in [9.17, 15) is 4.79 Å². The fourth-order valence-corrected chi connectivity index (χ4v) is 3.57. The molecule has 3 heterocycles. The van der Waals surface area contributed by atoms with Crippen molar-refractivity contribution in [2.45, 2.75) is 32.7 Å². The number of rotatable bonds is 6. The molecular weight excluding hydrogens is 312 g/mol. The number of thiophene rings is 1. The molecule has 6 nitrogen and oxygen atoms in total. The van der Waals surface area contributed by atoms with E-state index in [0.717, 1.165) is 38.9 Å².